The van der Waals surface area contributed by atoms with Gasteiger partial charge in [-0.2, -0.15) is 4.98 Å². The number of nitrogens with zero attached hydrogens (tertiary/aromatic N) is 2. The Morgan fingerprint density at radius 2 is 1.93 bits per heavy atom. The molecule has 0 spiro atoms. The third kappa shape index (κ3) is 5.29. The number of aryl methyl sites for hydroxylation is 1. The molecule has 0 radical (unpaired) electrons. The van der Waals surface area contributed by atoms with E-state index in [-0.39, 0.29) is 17.7 Å². The van der Waals surface area contributed by atoms with Gasteiger partial charge in [-0.3, -0.25) is 4.79 Å². The molecule has 1 atom stereocenters. The van der Waals surface area contributed by atoms with E-state index < -0.39 is 0 Å². The van der Waals surface area contributed by atoms with Crippen molar-refractivity contribution in [2.24, 2.45) is 0 Å². The van der Waals surface area contributed by atoms with Gasteiger partial charge in [0.2, 0.25) is 17.6 Å². The zero-order valence-electron chi connectivity index (χ0n) is 16.8. The maximum absolute atomic E-state index is 12.4. The molecule has 3 aromatic rings. The quantitative estimate of drug-likeness (QED) is 0.561. The number of carbonyl (C=O) groups is 1. The molecule has 0 aliphatic carbocycles. The first kappa shape index (κ1) is 20.7. The predicted molar refractivity (Wildman–Crippen MR) is 111 cm³/mol. The summed E-state index contributed by atoms with van der Waals surface area (Å²) >= 11 is 1.50. The molecule has 1 aromatic heterocycles. The molecule has 0 saturated heterocycles. The van der Waals surface area contributed by atoms with Gasteiger partial charge in [0.15, 0.2) is 0 Å². The minimum atomic E-state index is -0.248. The Labute approximate surface area is 173 Å². The molecule has 1 heterocycles. The summed E-state index contributed by atoms with van der Waals surface area (Å²) in [5.41, 5.74) is 1.87. The average molecular weight is 413 g/mol. The highest BCUT2D eigenvalue weighted by molar-refractivity contribution is 8.00. The molecule has 152 valence electrons. The smallest absolute Gasteiger partial charge is 0.246 e. The van der Waals surface area contributed by atoms with E-state index in [4.69, 9.17) is 14.0 Å². The molecular weight excluding hydrogens is 390 g/mol. The van der Waals surface area contributed by atoms with Crippen molar-refractivity contribution in [3.05, 3.63) is 53.9 Å². The van der Waals surface area contributed by atoms with Crippen molar-refractivity contribution in [2.75, 3.05) is 14.2 Å². The fraction of sp³-hybridized carbons (Fsp3) is 0.286. The van der Waals surface area contributed by atoms with Crippen LogP contribution in [-0.4, -0.2) is 35.5 Å². The van der Waals surface area contributed by atoms with Crippen molar-refractivity contribution in [3.8, 4) is 22.9 Å². The van der Waals surface area contributed by atoms with Crippen LogP contribution in [0.15, 0.2) is 51.9 Å². The van der Waals surface area contributed by atoms with Gasteiger partial charge in [-0.05, 0) is 38.1 Å². The number of ether oxygens (including phenoxy) is 2. The number of rotatable bonds is 8. The van der Waals surface area contributed by atoms with E-state index in [1.54, 1.807) is 32.4 Å². The SMILES string of the molecule is COc1ccc(-c2noc(CNC(=O)[C@@H](C)Sc3ccc(C)cc3)n2)c(OC)c1. The summed E-state index contributed by atoms with van der Waals surface area (Å²) in [6.07, 6.45) is 0. The summed E-state index contributed by atoms with van der Waals surface area (Å²) < 4.78 is 15.8. The summed E-state index contributed by atoms with van der Waals surface area (Å²) in [6, 6.07) is 13.4. The van der Waals surface area contributed by atoms with Crippen molar-refractivity contribution in [1.82, 2.24) is 15.5 Å². The van der Waals surface area contributed by atoms with Crippen LogP contribution in [0.5, 0.6) is 11.5 Å². The first-order valence-corrected chi connectivity index (χ1v) is 9.94. The third-order valence-corrected chi connectivity index (χ3v) is 5.35. The summed E-state index contributed by atoms with van der Waals surface area (Å²) in [5, 5.41) is 6.57. The minimum Gasteiger partial charge on any atom is -0.497 e. The van der Waals surface area contributed by atoms with Crippen LogP contribution in [0.4, 0.5) is 0 Å². The van der Waals surface area contributed by atoms with Gasteiger partial charge in [0.25, 0.3) is 0 Å². The number of hydrogen-bond acceptors (Lipinski definition) is 7. The van der Waals surface area contributed by atoms with Crippen molar-refractivity contribution >= 4 is 17.7 Å². The van der Waals surface area contributed by atoms with Gasteiger partial charge in [0.1, 0.15) is 11.5 Å². The van der Waals surface area contributed by atoms with Crippen LogP contribution in [0.25, 0.3) is 11.4 Å². The number of amides is 1. The molecule has 7 nitrogen and oxygen atoms in total. The van der Waals surface area contributed by atoms with E-state index in [1.165, 1.54) is 17.3 Å². The molecule has 0 fully saturated rings. The monoisotopic (exact) mass is 413 g/mol. The minimum absolute atomic E-state index is 0.0997. The van der Waals surface area contributed by atoms with Gasteiger partial charge in [-0.1, -0.05) is 22.9 Å². The zero-order valence-corrected chi connectivity index (χ0v) is 17.6. The molecule has 3 rings (SSSR count). The Kier molecular flexibility index (Phi) is 6.77. The Morgan fingerprint density at radius 3 is 2.62 bits per heavy atom. The second-order valence-corrected chi connectivity index (χ2v) is 7.78. The lowest BCUT2D eigenvalue weighted by Crippen LogP contribution is -2.30. The van der Waals surface area contributed by atoms with Gasteiger partial charge in [-0.25, -0.2) is 0 Å². The molecule has 1 N–H and O–H groups in total. The molecule has 1 amide bonds. The number of thioether (sulfide) groups is 1. The summed E-state index contributed by atoms with van der Waals surface area (Å²) in [7, 11) is 3.15. The normalized spacial score (nSPS) is 11.7. The Bertz CT molecular complexity index is 972. The number of aromatic nitrogens is 2. The fourth-order valence-corrected chi connectivity index (χ4v) is 3.49. The van der Waals surface area contributed by atoms with Crippen molar-refractivity contribution in [3.63, 3.8) is 0 Å². The van der Waals surface area contributed by atoms with Crippen LogP contribution >= 0.6 is 11.8 Å². The Morgan fingerprint density at radius 1 is 1.17 bits per heavy atom. The lowest BCUT2D eigenvalue weighted by Gasteiger charge is -2.11. The number of hydrogen-bond donors (Lipinski definition) is 1. The van der Waals surface area contributed by atoms with E-state index in [0.29, 0.717) is 28.8 Å². The summed E-state index contributed by atoms with van der Waals surface area (Å²) in [6.45, 7) is 4.05. The van der Waals surface area contributed by atoms with E-state index in [9.17, 15) is 4.79 Å². The van der Waals surface area contributed by atoms with Gasteiger partial charge in [-0.15, -0.1) is 11.8 Å². The maximum atomic E-state index is 12.4. The van der Waals surface area contributed by atoms with Crippen molar-refractivity contribution in [1.29, 1.82) is 0 Å². The van der Waals surface area contributed by atoms with Crippen LogP contribution in [-0.2, 0) is 11.3 Å². The van der Waals surface area contributed by atoms with E-state index in [2.05, 4.69) is 15.5 Å². The van der Waals surface area contributed by atoms with E-state index in [0.717, 1.165) is 4.90 Å². The van der Waals surface area contributed by atoms with Crippen LogP contribution in [0.1, 0.15) is 18.4 Å². The molecule has 0 saturated carbocycles. The Hall–Kier alpha value is -3.00. The molecule has 2 aromatic carbocycles. The zero-order chi connectivity index (χ0) is 20.8. The third-order valence-electron chi connectivity index (χ3n) is 4.23. The Balaban J connectivity index is 1.60. The highest BCUT2D eigenvalue weighted by Crippen LogP contribution is 2.31. The van der Waals surface area contributed by atoms with Gasteiger partial charge >= 0.3 is 0 Å². The molecule has 29 heavy (non-hydrogen) atoms. The molecule has 0 bridgehead atoms. The largest absolute Gasteiger partial charge is 0.497 e. The van der Waals surface area contributed by atoms with Crippen LogP contribution in [0, 0.1) is 6.92 Å². The number of nitrogens with one attached hydrogen (secondary N) is 1. The first-order chi connectivity index (χ1) is 14.0. The highest BCUT2D eigenvalue weighted by Gasteiger charge is 2.17. The van der Waals surface area contributed by atoms with Gasteiger partial charge in [0.05, 0.1) is 31.6 Å². The predicted octanol–water partition coefficient (Wildman–Crippen LogP) is 3.86. The van der Waals surface area contributed by atoms with E-state index >= 15 is 0 Å². The molecular formula is C21H23N3O4S. The standard InChI is InChI=1S/C21H23N3O4S/c1-13-5-8-16(9-6-13)29-14(2)21(25)22-12-19-23-20(24-28-19)17-10-7-15(26-3)11-18(17)27-4/h5-11,14H,12H2,1-4H3,(H,22,25)/t14-/m1/s1. The van der Waals surface area contributed by atoms with Crippen molar-refractivity contribution < 1.29 is 18.8 Å². The molecule has 0 aliphatic heterocycles. The lowest BCUT2D eigenvalue weighted by atomic mass is 10.2. The first-order valence-electron chi connectivity index (χ1n) is 9.06. The van der Waals surface area contributed by atoms with Crippen LogP contribution in [0.3, 0.4) is 0 Å². The summed E-state index contributed by atoms with van der Waals surface area (Å²) in [4.78, 5) is 17.8. The van der Waals surface area contributed by atoms with Crippen LogP contribution in [0.2, 0.25) is 0 Å². The molecule has 8 heteroatoms. The van der Waals surface area contributed by atoms with Gasteiger partial charge in [0, 0.05) is 11.0 Å². The number of benzene rings is 2. The fourth-order valence-electron chi connectivity index (χ4n) is 2.60. The maximum Gasteiger partial charge on any atom is 0.246 e. The second-order valence-electron chi connectivity index (χ2n) is 6.37. The van der Waals surface area contributed by atoms with Crippen molar-refractivity contribution in [2.45, 2.75) is 30.5 Å². The topological polar surface area (TPSA) is 86.5 Å². The van der Waals surface area contributed by atoms with E-state index in [1.807, 2.05) is 38.1 Å². The van der Waals surface area contributed by atoms with Gasteiger partial charge < -0.3 is 19.3 Å². The summed E-state index contributed by atoms with van der Waals surface area (Å²) in [5.74, 6) is 1.84. The van der Waals surface area contributed by atoms with Crippen LogP contribution < -0.4 is 14.8 Å². The highest BCUT2D eigenvalue weighted by atomic mass is 32.2. The number of carbonyl (C=O) groups excluding carboxylic acids is 1. The average Bonchev–Trinajstić information content (AvgIpc) is 3.21. The molecule has 0 aliphatic rings. The lowest BCUT2D eigenvalue weighted by molar-refractivity contribution is -0.120. The molecule has 0 unspecified atom stereocenters. The second kappa shape index (κ2) is 9.47. The number of methoxy groups -OCH3 is 2.